The van der Waals surface area contributed by atoms with Gasteiger partial charge in [0.25, 0.3) is 11.6 Å². The molecule has 9 nitrogen and oxygen atoms in total. The Morgan fingerprint density at radius 3 is 2.73 bits per heavy atom. The number of halogens is 1. The lowest BCUT2D eigenvalue weighted by Gasteiger charge is -2.15. The number of nitrogens with zero attached hydrogens (tertiary/aromatic N) is 2. The van der Waals surface area contributed by atoms with Crippen LogP contribution in [0.15, 0.2) is 59.0 Å². The summed E-state index contributed by atoms with van der Waals surface area (Å²) in [7, 11) is 0. The number of nitro benzene ring substituents is 1. The van der Waals surface area contributed by atoms with Crippen molar-refractivity contribution in [1.82, 2.24) is 5.32 Å². The van der Waals surface area contributed by atoms with Crippen LogP contribution in [0.2, 0.25) is 5.02 Å². The highest BCUT2D eigenvalue weighted by Crippen LogP contribution is 2.32. The van der Waals surface area contributed by atoms with E-state index in [9.17, 15) is 19.7 Å². The van der Waals surface area contributed by atoms with Crippen molar-refractivity contribution in [2.24, 2.45) is 0 Å². The Morgan fingerprint density at radius 2 is 2.03 bits per heavy atom. The first kappa shape index (κ1) is 19.5. The molecule has 1 aliphatic rings. The van der Waals surface area contributed by atoms with Crippen LogP contribution in [0.4, 0.5) is 21.9 Å². The molecule has 0 aliphatic carbocycles. The van der Waals surface area contributed by atoms with E-state index >= 15 is 0 Å². The minimum atomic E-state index is -0.545. The van der Waals surface area contributed by atoms with Gasteiger partial charge in [-0.2, -0.15) is 0 Å². The number of nitro groups is 1. The van der Waals surface area contributed by atoms with Crippen LogP contribution in [-0.4, -0.2) is 30.0 Å². The number of anilines is 2. The van der Waals surface area contributed by atoms with Crippen molar-refractivity contribution in [3.63, 3.8) is 0 Å². The monoisotopic (exact) mass is 426 g/mol. The number of amides is 3. The number of nitrogens with one attached hydrogen (secondary N) is 2. The van der Waals surface area contributed by atoms with E-state index in [2.05, 4.69) is 10.6 Å². The van der Waals surface area contributed by atoms with Gasteiger partial charge < -0.3 is 15.1 Å². The summed E-state index contributed by atoms with van der Waals surface area (Å²) in [5, 5.41) is 16.4. The van der Waals surface area contributed by atoms with Crippen LogP contribution in [0, 0.1) is 10.1 Å². The van der Waals surface area contributed by atoms with Crippen molar-refractivity contribution in [2.45, 2.75) is 0 Å². The van der Waals surface area contributed by atoms with E-state index < -0.39 is 10.8 Å². The van der Waals surface area contributed by atoms with Gasteiger partial charge in [-0.1, -0.05) is 17.7 Å². The van der Waals surface area contributed by atoms with Gasteiger partial charge in [0, 0.05) is 42.2 Å². The molecule has 152 valence electrons. The molecule has 0 bridgehead atoms. The second-order valence-corrected chi connectivity index (χ2v) is 6.88. The number of benzene rings is 2. The van der Waals surface area contributed by atoms with Gasteiger partial charge in [0.15, 0.2) is 5.76 Å². The average molecular weight is 427 g/mol. The summed E-state index contributed by atoms with van der Waals surface area (Å²) < 4.78 is 5.59. The van der Waals surface area contributed by atoms with Gasteiger partial charge in [0.05, 0.1) is 9.95 Å². The zero-order chi connectivity index (χ0) is 21.3. The smallest absolute Gasteiger partial charge is 0.321 e. The first-order valence-corrected chi connectivity index (χ1v) is 9.31. The molecule has 10 heteroatoms. The minimum Gasteiger partial charge on any atom is -0.451 e. The van der Waals surface area contributed by atoms with E-state index in [1.807, 2.05) is 0 Å². The van der Waals surface area contributed by atoms with Gasteiger partial charge in [-0.05, 0) is 36.4 Å². The lowest BCUT2D eigenvalue weighted by molar-refractivity contribution is -0.384. The molecule has 2 N–H and O–H groups in total. The molecule has 30 heavy (non-hydrogen) atoms. The Labute approximate surface area is 175 Å². The normalized spacial score (nSPS) is 13.2. The molecular formula is C20H15ClN4O5. The number of non-ortho nitro benzene ring substituents is 1. The van der Waals surface area contributed by atoms with E-state index in [1.54, 1.807) is 35.2 Å². The lowest BCUT2D eigenvalue weighted by Crippen LogP contribution is -2.27. The quantitative estimate of drug-likeness (QED) is 0.466. The largest absolute Gasteiger partial charge is 0.451 e. The summed E-state index contributed by atoms with van der Waals surface area (Å²) in [5.74, 6) is -0.131. The zero-order valence-corrected chi connectivity index (χ0v) is 16.2. The second-order valence-electron chi connectivity index (χ2n) is 6.47. The number of urea groups is 1. The molecule has 4 rings (SSSR count). The average Bonchev–Trinajstić information content (AvgIpc) is 3.37. The van der Waals surface area contributed by atoms with E-state index in [0.29, 0.717) is 35.8 Å². The Morgan fingerprint density at radius 1 is 1.20 bits per heavy atom. The highest BCUT2D eigenvalue weighted by molar-refractivity contribution is 6.33. The minimum absolute atomic E-state index is 0.0451. The Kier molecular flexibility index (Phi) is 5.11. The molecule has 1 saturated heterocycles. The fourth-order valence-corrected chi connectivity index (χ4v) is 3.35. The predicted molar refractivity (Wildman–Crippen MR) is 111 cm³/mol. The van der Waals surface area contributed by atoms with Crippen LogP contribution >= 0.6 is 11.6 Å². The fraction of sp³-hybridized carbons (Fsp3) is 0.100. The standard InChI is InChI=1S/C20H15ClN4O5/c21-16-11-14(25(28)29)4-5-15(16)17-6-7-18(30-17)19(26)23-12-2-1-3-13(10-12)24-9-8-22-20(24)27/h1-7,10-11H,8-9H2,(H,22,27)(H,23,26). The summed E-state index contributed by atoms with van der Waals surface area (Å²) in [5.41, 5.74) is 1.47. The number of carbonyl (C=O) groups is 2. The third-order valence-corrected chi connectivity index (χ3v) is 4.84. The van der Waals surface area contributed by atoms with E-state index in [1.165, 1.54) is 24.3 Å². The van der Waals surface area contributed by atoms with Gasteiger partial charge in [0.2, 0.25) is 0 Å². The third-order valence-electron chi connectivity index (χ3n) is 4.53. The van der Waals surface area contributed by atoms with E-state index in [-0.39, 0.29) is 22.5 Å². The van der Waals surface area contributed by atoms with Crippen LogP contribution in [0.3, 0.4) is 0 Å². The molecule has 2 aromatic carbocycles. The van der Waals surface area contributed by atoms with Crippen LogP contribution in [-0.2, 0) is 0 Å². The predicted octanol–water partition coefficient (Wildman–Crippen LogP) is 4.29. The summed E-state index contributed by atoms with van der Waals surface area (Å²) in [6.45, 7) is 1.11. The SMILES string of the molecule is O=C(Nc1cccc(N2CCNC2=O)c1)c1ccc(-c2ccc([N+](=O)[O-])cc2Cl)o1. The Balaban J connectivity index is 1.51. The number of rotatable bonds is 5. The molecule has 1 fully saturated rings. The third kappa shape index (κ3) is 3.83. The maximum Gasteiger partial charge on any atom is 0.321 e. The van der Waals surface area contributed by atoms with Crippen molar-refractivity contribution in [2.75, 3.05) is 23.3 Å². The molecule has 2 heterocycles. The molecular weight excluding hydrogens is 412 g/mol. The number of carbonyl (C=O) groups excluding carboxylic acids is 2. The van der Waals surface area contributed by atoms with Gasteiger partial charge in [-0.25, -0.2) is 4.79 Å². The first-order valence-electron chi connectivity index (χ1n) is 8.93. The summed E-state index contributed by atoms with van der Waals surface area (Å²) in [6.07, 6.45) is 0. The van der Waals surface area contributed by atoms with Crippen molar-refractivity contribution in [3.05, 3.63) is 75.5 Å². The summed E-state index contributed by atoms with van der Waals surface area (Å²) in [6, 6.07) is 13.8. The molecule has 1 aliphatic heterocycles. The van der Waals surface area contributed by atoms with Crippen LogP contribution in [0.25, 0.3) is 11.3 Å². The first-order chi connectivity index (χ1) is 14.4. The fourth-order valence-electron chi connectivity index (χ4n) is 3.08. The van der Waals surface area contributed by atoms with Crippen molar-refractivity contribution in [1.29, 1.82) is 0 Å². The van der Waals surface area contributed by atoms with E-state index in [0.717, 1.165) is 0 Å². The maximum absolute atomic E-state index is 12.6. The summed E-state index contributed by atoms with van der Waals surface area (Å²) in [4.78, 5) is 36.3. The molecule has 0 saturated carbocycles. The lowest BCUT2D eigenvalue weighted by atomic mass is 10.1. The highest BCUT2D eigenvalue weighted by Gasteiger charge is 2.22. The zero-order valence-electron chi connectivity index (χ0n) is 15.4. The van der Waals surface area contributed by atoms with Crippen molar-refractivity contribution in [3.8, 4) is 11.3 Å². The molecule has 0 atom stereocenters. The van der Waals surface area contributed by atoms with Gasteiger partial charge in [-0.15, -0.1) is 0 Å². The van der Waals surface area contributed by atoms with Crippen molar-refractivity contribution < 1.29 is 18.9 Å². The second kappa shape index (κ2) is 7.88. The number of hydrogen-bond donors (Lipinski definition) is 2. The topological polar surface area (TPSA) is 118 Å². The van der Waals surface area contributed by atoms with Crippen LogP contribution in [0.1, 0.15) is 10.6 Å². The van der Waals surface area contributed by atoms with Gasteiger partial charge >= 0.3 is 6.03 Å². The molecule has 1 aromatic heterocycles. The maximum atomic E-state index is 12.6. The van der Waals surface area contributed by atoms with Crippen LogP contribution < -0.4 is 15.5 Å². The van der Waals surface area contributed by atoms with Crippen molar-refractivity contribution >= 4 is 40.6 Å². The highest BCUT2D eigenvalue weighted by atomic mass is 35.5. The Bertz CT molecular complexity index is 1160. The van der Waals surface area contributed by atoms with E-state index in [4.69, 9.17) is 16.0 Å². The number of hydrogen-bond acceptors (Lipinski definition) is 5. The Hall–Kier alpha value is -3.85. The van der Waals surface area contributed by atoms with Gasteiger partial charge in [0.1, 0.15) is 5.76 Å². The molecule has 0 spiro atoms. The summed E-state index contributed by atoms with van der Waals surface area (Å²) >= 11 is 6.12. The number of furan rings is 1. The van der Waals surface area contributed by atoms with Gasteiger partial charge in [-0.3, -0.25) is 19.8 Å². The molecule has 3 amide bonds. The molecule has 0 unspecified atom stereocenters. The molecule has 3 aromatic rings. The molecule has 0 radical (unpaired) electrons. The van der Waals surface area contributed by atoms with Crippen LogP contribution in [0.5, 0.6) is 0 Å².